The van der Waals surface area contributed by atoms with Gasteiger partial charge in [0.2, 0.25) is 0 Å². The van der Waals surface area contributed by atoms with Gasteiger partial charge in [0.25, 0.3) is 0 Å². The lowest BCUT2D eigenvalue weighted by atomic mass is 10.1. The number of para-hydroxylation sites is 1. The SMILES string of the molecule is [C+]1=CC=Nc2ccccc21.[Cl-]. The Morgan fingerprint density at radius 3 is 2.82 bits per heavy atom. The van der Waals surface area contributed by atoms with Gasteiger partial charge in [-0.1, -0.05) is 0 Å². The summed E-state index contributed by atoms with van der Waals surface area (Å²) in [5.41, 5.74) is 2.08. The highest BCUT2D eigenvalue weighted by atomic mass is 35.5. The number of benzene rings is 1. The van der Waals surface area contributed by atoms with Gasteiger partial charge in [-0.2, -0.15) is 4.99 Å². The van der Waals surface area contributed by atoms with Crippen LogP contribution in [0.5, 0.6) is 0 Å². The second kappa shape index (κ2) is 3.29. The van der Waals surface area contributed by atoms with E-state index in [0.29, 0.717) is 0 Å². The van der Waals surface area contributed by atoms with Crippen LogP contribution in [-0.4, -0.2) is 6.21 Å². The summed E-state index contributed by atoms with van der Waals surface area (Å²) in [6.45, 7) is 0. The van der Waals surface area contributed by atoms with Crippen LogP contribution in [0.25, 0.3) is 0 Å². The fourth-order valence-corrected chi connectivity index (χ4v) is 0.953. The molecule has 0 saturated heterocycles. The number of hydrogen-bond acceptors (Lipinski definition) is 1. The average molecular weight is 164 g/mol. The van der Waals surface area contributed by atoms with Crippen LogP contribution in [0.2, 0.25) is 0 Å². The van der Waals surface area contributed by atoms with Crippen molar-refractivity contribution in [3.05, 3.63) is 42.0 Å². The molecule has 0 aliphatic carbocycles. The zero-order valence-electron chi connectivity index (χ0n) is 5.79. The third-order valence-corrected chi connectivity index (χ3v) is 1.43. The Morgan fingerprint density at radius 1 is 1.18 bits per heavy atom. The Balaban J connectivity index is 0.000000605. The molecule has 54 valence electrons. The molecule has 1 aromatic rings. The van der Waals surface area contributed by atoms with Crippen molar-refractivity contribution in [1.29, 1.82) is 0 Å². The highest BCUT2D eigenvalue weighted by molar-refractivity contribution is 5.78. The highest BCUT2D eigenvalue weighted by Gasteiger charge is 2.06. The zero-order valence-corrected chi connectivity index (χ0v) is 6.55. The van der Waals surface area contributed by atoms with E-state index < -0.39 is 0 Å². The Hall–Kier alpha value is -1.17. The van der Waals surface area contributed by atoms with E-state index in [1.54, 1.807) is 6.21 Å². The first-order valence-electron chi connectivity index (χ1n) is 3.18. The van der Waals surface area contributed by atoms with Crippen molar-refractivity contribution in [3.8, 4) is 0 Å². The number of aliphatic imine (C=N–C) groups is 1. The van der Waals surface area contributed by atoms with Crippen molar-refractivity contribution in [3.63, 3.8) is 0 Å². The van der Waals surface area contributed by atoms with Crippen LogP contribution in [0.3, 0.4) is 0 Å². The van der Waals surface area contributed by atoms with Crippen molar-refractivity contribution in [2.75, 3.05) is 0 Å². The van der Waals surface area contributed by atoms with Crippen LogP contribution >= 0.6 is 0 Å². The van der Waals surface area contributed by atoms with Crippen molar-refractivity contribution >= 4 is 11.9 Å². The molecule has 0 spiro atoms. The van der Waals surface area contributed by atoms with Crippen molar-refractivity contribution in [2.24, 2.45) is 4.99 Å². The monoisotopic (exact) mass is 163 g/mol. The van der Waals surface area contributed by atoms with Crippen LogP contribution in [0.15, 0.2) is 35.3 Å². The van der Waals surface area contributed by atoms with E-state index in [4.69, 9.17) is 0 Å². The molecule has 1 aliphatic heterocycles. The van der Waals surface area contributed by atoms with Gasteiger partial charge in [0.15, 0.2) is 11.3 Å². The maximum Gasteiger partial charge on any atom is 0.174 e. The first-order valence-corrected chi connectivity index (χ1v) is 3.18. The molecule has 2 heteroatoms. The van der Waals surface area contributed by atoms with Crippen molar-refractivity contribution in [2.45, 2.75) is 0 Å². The van der Waals surface area contributed by atoms with Crippen LogP contribution in [-0.2, 0) is 0 Å². The number of halogens is 1. The van der Waals surface area contributed by atoms with Gasteiger partial charge in [-0.15, -0.1) is 0 Å². The summed E-state index contributed by atoms with van der Waals surface area (Å²) < 4.78 is 0. The summed E-state index contributed by atoms with van der Waals surface area (Å²) in [5, 5.41) is 0. The molecule has 11 heavy (non-hydrogen) atoms. The summed E-state index contributed by atoms with van der Waals surface area (Å²) in [6.07, 6.45) is 6.66. The van der Waals surface area contributed by atoms with E-state index in [2.05, 4.69) is 11.1 Å². The summed E-state index contributed by atoms with van der Waals surface area (Å²) in [5.74, 6) is 0. The second-order valence-electron chi connectivity index (χ2n) is 2.11. The zero-order chi connectivity index (χ0) is 6.81. The molecule has 0 amide bonds. The molecule has 0 saturated carbocycles. The van der Waals surface area contributed by atoms with Crippen LogP contribution in [0.1, 0.15) is 5.56 Å². The minimum atomic E-state index is 0. The normalized spacial score (nSPS) is 11.3. The third-order valence-electron chi connectivity index (χ3n) is 1.43. The van der Waals surface area contributed by atoms with Crippen molar-refractivity contribution in [1.82, 2.24) is 0 Å². The summed E-state index contributed by atoms with van der Waals surface area (Å²) in [4.78, 5) is 4.15. The fraction of sp³-hybridized carbons (Fsp3) is 0. The van der Waals surface area contributed by atoms with E-state index in [0.717, 1.165) is 11.3 Å². The number of rotatable bonds is 0. The maximum atomic E-state index is 4.15. The van der Waals surface area contributed by atoms with Gasteiger partial charge in [-0.3, -0.25) is 0 Å². The first kappa shape index (κ1) is 7.93. The number of allylic oxidation sites excluding steroid dienone is 1. The average Bonchev–Trinajstić information content (AvgIpc) is 2.05. The molecule has 2 rings (SSSR count). The topological polar surface area (TPSA) is 12.4 Å². The standard InChI is InChI=1S/C9H6N.ClH/c1-2-6-9-8(4-1)5-3-7-10-9;/h1-4,6-7H;1H/q+1;/p-1. The first-order chi connectivity index (χ1) is 4.97. The minimum absolute atomic E-state index is 0. The van der Waals surface area contributed by atoms with Crippen LogP contribution in [0.4, 0.5) is 5.69 Å². The molecule has 0 unspecified atom stereocenters. The molecule has 1 aromatic carbocycles. The smallest absolute Gasteiger partial charge is 0.174 e. The van der Waals surface area contributed by atoms with E-state index >= 15 is 0 Å². The summed E-state index contributed by atoms with van der Waals surface area (Å²) in [7, 11) is 0. The summed E-state index contributed by atoms with van der Waals surface area (Å²) >= 11 is 0. The predicted molar refractivity (Wildman–Crippen MR) is 41.5 cm³/mol. The quantitative estimate of drug-likeness (QED) is 0.441. The maximum absolute atomic E-state index is 4.15. The molecule has 0 N–H and O–H groups in total. The van der Waals surface area contributed by atoms with Crippen LogP contribution < -0.4 is 12.4 Å². The lowest BCUT2D eigenvalue weighted by Gasteiger charge is -1.90. The Kier molecular flexibility index (Phi) is 2.37. The van der Waals surface area contributed by atoms with Gasteiger partial charge in [-0.25, -0.2) is 0 Å². The van der Waals surface area contributed by atoms with Gasteiger partial charge in [0.1, 0.15) is 6.21 Å². The summed E-state index contributed by atoms with van der Waals surface area (Å²) in [6, 6.07) is 7.94. The molecule has 1 heterocycles. The molecule has 0 aromatic heterocycles. The van der Waals surface area contributed by atoms with Gasteiger partial charge >= 0.3 is 0 Å². The van der Waals surface area contributed by atoms with Gasteiger partial charge in [-0.05, 0) is 12.1 Å². The molecule has 0 atom stereocenters. The second-order valence-corrected chi connectivity index (χ2v) is 2.11. The molecule has 1 aliphatic rings. The number of nitrogens with zero attached hydrogens (tertiary/aromatic N) is 1. The molecular formula is C9H6ClN. The Bertz CT molecular complexity index is 271. The molecule has 0 bridgehead atoms. The van der Waals surface area contributed by atoms with E-state index in [1.807, 2.05) is 30.3 Å². The largest absolute Gasteiger partial charge is 1.00 e. The van der Waals surface area contributed by atoms with E-state index in [1.165, 1.54) is 0 Å². The number of hydrogen-bond donors (Lipinski definition) is 0. The van der Waals surface area contributed by atoms with Crippen molar-refractivity contribution < 1.29 is 12.4 Å². The minimum Gasteiger partial charge on any atom is -1.00 e. The Morgan fingerprint density at radius 2 is 2.00 bits per heavy atom. The van der Waals surface area contributed by atoms with E-state index in [9.17, 15) is 0 Å². The molecule has 0 radical (unpaired) electrons. The molecular weight excluding hydrogens is 158 g/mol. The number of fused-ring (bicyclic) bond motifs is 1. The molecule has 1 nitrogen and oxygen atoms in total. The highest BCUT2D eigenvalue weighted by Crippen LogP contribution is 2.19. The molecule has 0 fully saturated rings. The fourth-order valence-electron chi connectivity index (χ4n) is 0.953. The predicted octanol–water partition coefficient (Wildman–Crippen LogP) is -0.886. The van der Waals surface area contributed by atoms with Gasteiger partial charge in [0, 0.05) is 18.2 Å². The van der Waals surface area contributed by atoms with Gasteiger partial charge < -0.3 is 12.4 Å². The third kappa shape index (κ3) is 1.45. The van der Waals surface area contributed by atoms with Gasteiger partial charge in [0.05, 0.1) is 6.08 Å². The Labute approximate surface area is 71.9 Å². The lowest BCUT2D eigenvalue weighted by molar-refractivity contribution is -0.00000195. The lowest BCUT2D eigenvalue weighted by Crippen LogP contribution is -3.00. The van der Waals surface area contributed by atoms with E-state index in [-0.39, 0.29) is 12.4 Å². The van der Waals surface area contributed by atoms with Crippen LogP contribution in [0, 0.1) is 6.08 Å².